The third kappa shape index (κ3) is 3.89. The molecule has 0 saturated carbocycles. The first kappa shape index (κ1) is 16.4. The van der Waals surface area contributed by atoms with Gasteiger partial charge in [-0.05, 0) is 36.4 Å². The normalized spacial score (nSPS) is 10.4. The average Bonchev–Trinajstić information content (AvgIpc) is 2.59. The van der Waals surface area contributed by atoms with Gasteiger partial charge in [0.1, 0.15) is 6.54 Å². The Morgan fingerprint density at radius 2 is 1.64 bits per heavy atom. The topological polar surface area (TPSA) is 93.1 Å². The van der Waals surface area contributed by atoms with Gasteiger partial charge in [0.2, 0.25) is 17.2 Å². The number of hydrogen-bond donors (Lipinski definition) is 2. The number of hydrogen-bond acceptors (Lipinski definition) is 4. The van der Waals surface area contributed by atoms with E-state index in [2.05, 4.69) is 15.7 Å². The fraction of sp³-hybridized carbons (Fsp3) is 0.111. The molecule has 7 heteroatoms. The lowest BCUT2D eigenvalue weighted by molar-refractivity contribution is -0.117. The van der Waals surface area contributed by atoms with Crippen molar-refractivity contribution >= 4 is 34.1 Å². The Morgan fingerprint density at radius 1 is 1.00 bits per heavy atom. The summed E-state index contributed by atoms with van der Waals surface area (Å²) >= 11 is 0. The first-order valence-electron chi connectivity index (χ1n) is 7.65. The number of fused-ring (bicyclic) bond motifs is 1. The molecule has 3 aromatic rings. The van der Waals surface area contributed by atoms with Gasteiger partial charge >= 0.3 is 0 Å². The minimum Gasteiger partial charge on any atom is -0.326 e. The highest BCUT2D eigenvalue weighted by molar-refractivity contribution is 5.92. The van der Waals surface area contributed by atoms with E-state index in [1.54, 1.807) is 48.5 Å². The van der Waals surface area contributed by atoms with Crippen molar-refractivity contribution in [2.45, 2.75) is 13.5 Å². The highest BCUT2D eigenvalue weighted by Gasteiger charge is 2.08. The summed E-state index contributed by atoms with van der Waals surface area (Å²) in [6.07, 6.45) is 1.21. The Bertz CT molecular complexity index is 993. The molecule has 0 aliphatic heterocycles. The molecule has 2 amide bonds. The maximum absolute atomic E-state index is 12.3. The third-order valence-corrected chi connectivity index (χ3v) is 3.54. The first-order valence-corrected chi connectivity index (χ1v) is 7.65. The number of carbonyl (C=O) groups excluding carboxylic acids is 2. The second-order valence-electron chi connectivity index (χ2n) is 5.49. The number of amides is 2. The van der Waals surface area contributed by atoms with Gasteiger partial charge in [0.25, 0.3) is 0 Å². The second-order valence-corrected chi connectivity index (χ2v) is 5.49. The van der Waals surface area contributed by atoms with E-state index in [9.17, 15) is 14.4 Å². The summed E-state index contributed by atoms with van der Waals surface area (Å²) in [5.41, 5.74) is 1.68. The summed E-state index contributed by atoms with van der Waals surface area (Å²) in [6.45, 7) is 1.41. The molecular weight excluding hydrogens is 320 g/mol. The summed E-state index contributed by atoms with van der Waals surface area (Å²) in [5.74, 6) is -0.429. The van der Waals surface area contributed by atoms with E-state index in [0.717, 1.165) is 0 Å². The minimum absolute atomic E-state index is 0.0196. The number of aromatic nitrogens is 2. The first-order chi connectivity index (χ1) is 12.0. The van der Waals surface area contributed by atoms with E-state index in [1.165, 1.54) is 17.8 Å². The van der Waals surface area contributed by atoms with E-state index in [1.807, 2.05) is 0 Å². The van der Waals surface area contributed by atoms with Crippen molar-refractivity contribution in [3.63, 3.8) is 0 Å². The van der Waals surface area contributed by atoms with Gasteiger partial charge in [0, 0.05) is 23.7 Å². The van der Waals surface area contributed by atoms with E-state index in [4.69, 9.17) is 0 Å². The highest BCUT2D eigenvalue weighted by Crippen LogP contribution is 2.14. The zero-order valence-corrected chi connectivity index (χ0v) is 13.5. The van der Waals surface area contributed by atoms with Crippen LogP contribution in [-0.4, -0.2) is 21.6 Å². The number of anilines is 2. The smallest absolute Gasteiger partial charge is 0.246 e. The van der Waals surface area contributed by atoms with Crippen molar-refractivity contribution in [1.29, 1.82) is 0 Å². The molecule has 2 aromatic carbocycles. The van der Waals surface area contributed by atoms with Crippen LogP contribution in [0.3, 0.4) is 0 Å². The summed E-state index contributed by atoms with van der Waals surface area (Å²) < 4.78 is 1.48. The Hall–Kier alpha value is -3.48. The fourth-order valence-corrected chi connectivity index (χ4v) is 2.46. The van der Waals surface area contributed by atoms with Crippen molar-refractivity contribution in [2.24, 2.45) is 0 Å². The van der Waals surface area contributed by atoms with E-state index < -0.39 is 0 Å². The van der Waals surface area contributed by atoms with Crippen molar-refractivity contribution in [2.75, 3.05) is 10.6 Å². The predicted octanol–water partition coefficient (Wildman–Crippen LogP) is 1.99. The van der Waals surface area contributed by atoms with Crippen LogP contribution >= 0.6 is 0 Å². The van der Waals surface area contributed by atoms with Crippen LogP contribution in [0.2, 0.25) is 0 Å². The van der Waals surface area contributed by atoms with Gasteiger partial charge in [-0.25, -0.2) is 0 Å². The quantitative estimate of drug-likeness (QED) is 0.762. The van der Waals surface area contributed by atoms with Crippen LogP contribution in [0, 0.1) is 0 Å². The monoisotopic (exact) mass is 336 g/mol. The van der Waals surface area contributed by atoms with Crippen LogP contribution < -0.4 is 16.1 Å². The Kier molecular flexibility index (Phi) is 4.56. The number of nitrogens with one attached hydrogen (secondary N) is 2. The molecule has 0 aliphatic rings. The molecule has 1 aromatic heterocycles. The summed E-state index contributed by atoms with van der Waals surface area (Å²) in [5, 5.41) is 9.96. The Morgan fingerprint density at radius 3 is 2.32 bits per heavy atom. The van der Waals surface area contributed by atoms with Gasteiger partial charge in [-0.1, -0.05) is 12.1 Å². The van der Waals surface area contributed by atoms with Crippen LogP contribution in [-0.2, 0) is 16.1 Å². The highest BCUT2D eigenvalue weighted by atomic mass is 16.2. The SMILES string of the molecule is CC(=O)Nc1ccc(NC(=O)Cn2ncc(=O)c3ccccc32)cc1. The Balaban J connectivity index is 1.74. The van der Waals surface area contributed by atoms with Crippen molar-refractivity contribution in [3.8, 4) is 0 Å². The van der Waals surface area contributed by atoms with Gasteiger partial charge in [0.05, 0.1) is 11.7 Å². The molecule has 25 heavy (non-hydrogen) atoms. The number of benzene rings is 2. The van der Waals surface area contributed by atoms with Crippen molar-refractivity contribution in [3.05, 3.63) is 65.0 Å². The molecule has 0 bridgehead atoms. The number of rotatable bonds is 4. The van der Waals surface area contributed by atoms with Gasteiger partial charge in [0.15, 0.2) is 0 Å². The van der Waals surface area contributed by atoms with Gasteiger partial charge in [-0.3, -0.25) is 19.1 Å². The lowest BCUT2D eigenvalue weighted by Crippen LogP contribution is -2.22. The fourth-order valence-electron chi connectivity index (χ4n) is 2.46. The van der Waals surface area contributed by atoms with Crippen LogP contribution in [0.5, 0.6) is 0 Å². The molecular formula is C18H16N4O3. The van der Waals surface area contributed by atoms with E-state index >= 15 is 0 Å². The van der Waals surface area contributed by atoms with Crippen molar-refractivity contribution in [1.82, 2.24) is 9.78 Å². The second kappa shape index (κ2) is 6.96. The molecule has 0 unspecified atom stereocenters. The molecule has 1 heterocycles. The molecule has 0 atom stereocenters. The average molecular weight is 336 g/mol. The maximum atomic E-state index is 12.3. The van der Waals surface area contributed by atoms with Crippen LogP contribution in [0.15, 0.2) is 59.5 Å². The Labute approximate surface area is 143 Å². The van der Waals surface area contributed by atoms with Crippen LogP contribution in [0.1, 0.15) is 6.92 Å². The summed E-state index contributed by atoms with van der Waals surface area (Å²) in [7, 11) is 0. The van der Waals surface area contributed by atoms with Crippen molar-refractivity contribution < 1.29 is 9.59 Å². The lowest BCUT2D eigenvalue weighted by atomic mass is 10.2. The summed E-state index contributed by atoms with van der Waals surface area (Å²) in [4.78, 5) is 35.1. The van der Waals surface area contributed by atoms with Crippen LogP contribution in [0.25, 0.3) is 10.9 Å². The molecule has 0 radical (unpaired) electrons. The molecule has 0 spiro atoms. The zero-order chi connectivity index (χ0) is 17.8. The largest absolute Gasteiger partial charge is 0.326 e. The maximum Gasteiger partial charge on any atom is 0.246 e. The van der Waals surface area contributed by atoms with Gasteiger partial charge in [-0.15, -0.1) is 0 Å². The minimum atomic E-state index is -0.270. The molecule has 2 N–H and O–H groups in total. The molecule has 0 saturated heterocycles. The molecule has 3 rings (SSSR count). The number of para-hydroxylation sites is 1. The molecule has 0 fully saturated rings. The van der Waals surface area contributed by atoms with E-state index in [-0.39, 0.29) is 23.8 Å². The molecule has 0 aliphatic carbocycles. The number of nitrogens with zero attached hydrogens (tertiary/aromatic N) is 2. The standard InChI is InChI=1S/C18H16N4O3/c1-12(23)20-13-6-8-14(9-7-13)21-18(25)11-22-16-5-3-2-4-15(16)17(24)10-19-22/h2-10H,11H2,1H3,(H,20,23)(H,21,25). The summed E-state index contributed by atoms with van der Waals surface area (Å²) in [6, 6.07) is 13.8. The number of carbonyl (C=O) groups is 2. The molecule has 7 nitrogen and oxygen atoms in total. The molecule has 126 valence electrons. The van der Waals surface area contributed by atoms with Gasteiger partial charge in [-0.2, -0.15) is 5.10 Å². The van der Waals surface area contributed by atoms with Gasteiger partial charge < -0.3 is 10.6 Å². The predicted molar refractivity (Wildman–Crippen MR) is 95.4 cm³/mol. The lowest BCUT2D eigenvalue weighted by Gasteiger charge is -2.10. The zero-order valence-electron chi connectivity index (χ0n) is 13.5. The van der Waals surface area contributed by atoms with Crippen LogP contribution in [0.4, 0.5) is 11.4 Å². The van der Waals surface area contributed by atoms with E-state index in [0.29, 0.717) is 22.3 Å². The third-order valence-electron chi connectivity index (χ3n) is 3.54.